The Morgan fingerprint density at radius 1 is 1.17 bits per heavy atom. The fraction of sp³-hybridized carbons (Fsp3) is 0.611. The van der Waals surface area contributed by atoms with E-state index in [1.807, 2.05) is 18.2 Å². The van der Waals surface area contributed by atoms with Crippen LogP contribution in [0.1, 0.15) is 31.0 Å². The molecule has 2 aliphatic rings. The Morgan fingerprint density at radius 3 is 2.78 bits per heavy atom. The van der Waals surface area contributed by atoms with Gasteiger partial charge in [0.2, 0.25) is 0 Å². The van der Waals surface area contributed by atoms with E-state index < -0.39 is 0 Å². The van der Waals surface area contributed by atoms with Gasteiger partial charge in [-0.2, -0.15) is 0 Å². The summed E-state index contributed by atoms with van der Waals surface area (Å²) in [7, 11) is 3.93. The molecule has 1 aromatic carbocycles. The summed E-state index contributed by atoms with van der Waals surface area (Å²) < 4.78 is 5.30. The van der Waals surface area contributed by atoms with Gasteiger partial charge in [-0.25, -0.2) is 4.98 Å². The van der Waals surface area contributed by atoms with Crippen LogP contribution in [0.15, 0.2) is 18.2 Å². The summed E-state index contributed by atoms with van der Waals surface area (Å²) >= 11 is 0. The van der Waals surface area contributed by atoms with E-state index in [1.165, 1.54) is 38.9 Å². The van der Waals surface area contributed by atoms with Crippen molar-refractivity contribution in [3.05, 3.63) is 24.0 Å². The first-order valence-electron chi connectivity index (χ1n) is 8.69. The van der Waals surface area contributed by atoms with Crippen molar-refractivity contribution in [1.29, 1.82) is 0 Å². The zero-order chi connectivity index (χ0) is 15.8. The number of nitrogens with zero attached hydrogens (tertiary/aromatic N) is 3. The minimum atomic E-state index is 0.535. The molecule has 3 heterocycles. The van der Waals surface area contributed by atoms with Crippen molar-refractivity contribution >= 4 is 11.0 Å². The zero-order valence-corrected chi connectivity index (χ0v) is 14.1. The molecule has 1 aromatic heterocycles. The number of H-pyrrole nitrogens is 1. The SMILES string of the molecule is COc1ccc2nc(C3CCN(C4CCN(C)CC4)C3)[nH]c2c1. The standard InChI is InChI=1S/C18H26N4O/c1-21-8-6-14(7-9-21)22-10-5-13(12-22)18-19-16-4-3-15(23-2)11-17(16)20-18/h3-4,11,13-14H,5-10,12H2,1-2H3,(H,19,20). The Balaban J connectivity index is 1.47. The maximum absolute atomic E-state index is 5.30. The summed E-state index contributed by atoms with van der Waals surface area (Å²) in [4.78, 5) is 13.5. The number of ether oxygens (including phenoxy) is 1. The van der Waals surface area contributed by atoms with E-state index in [0.717, 1.165) is 35.2 Å². The summed E-state index contributed by atoms with van der Waals surface area (Å²) in [5.74, 6) is 2.56. The molecule has 23 heavy (non-hydrogen) atoms. The number of likely N-dealkylation sites (tertiary alicyclic amines) is 2. The molecule has 1 atom stereocenters. The minimum Gasteiger partial charge on any atom is -0.497 e. The van der Waals surface area contributed by atoms with E-state index in [1.54, 1.807) is 7.11 Å². The molecule has 0 amide bonds. The first kappa shape index (κ1) is 15.0. The average Bonchev–Trinajstić information content (AvgIpc) is 3.21. The summed E-state index contributed by atoms with van der Waals surface area (Å²) in [6.07, 6.45) is 3.82. The third kappa shape index (κ3) is 2.95. The highest BCUT2D eigenvalue weighted by molar-refractivity contribution is 5.76. The third-order valence-corrected chi connectivity index (χ3v) is 5.52. The molecule has 2 fully saturated rings. The number of rotatable bonds is 3. The van der Waals surface area contributed by atoms with Gasteiger partial charge in [-0.1, -0.05) is 0 Å². The fourth-order valence-corrected chi connectivity index (χ4v) is 4.03. The van der Waals surface area contributed by atoms with Crippen molar-refractivity contribution in [3.63, 3.8) is 0 Å². The number of piperidine rings is 1. The van der Waals surface area contributed by atoms with Gasteiger partial charge in [0.1, 0.15) is 11.6 Å². The van der Waals surface area contributed by atoms with Crippen LogP contribution in [0.4, 0.5) is 0 Å². The molecule has 0 bridgehead atoms. The van der Waals surface area contributed by atoms with E-state index in [9.17, 15) is 0 Å². The molecule has 2 saturated heterocycles. The number of benzene rings is 1. The van der Waals surface area contributed by atoms with Crippen molar-refractivity contribution in [2.45, 2.75) is 31.2 Å². The summed E-state index contributed by atoms with van der Waals surface area (Å²) in [6, 6.07) is 6.82. The highest BCUT2D eigenvalue weighted by Gasteiger charge is 2.32. The molecule has 1 N–H and O–H groups in total. The molecule has 0 aliphatic carbocycles. The van der Waals surface area contributed by atoms with Gasteiger partial charge in [0.25, 0.3) is 0 Å². The molecule has 2 aliphatic heterocycles. The van der Waals surface area contributed by atoms with Gasteiger partial charge in [0.05, 0.1) is 18.1 Å². The van der Waals surface area contributed by atoms with Gasteiger partial charge in [-0.15, -0.1) is 0 Å². The molecule has 5 nitrogen and oxygen atoms in total. The highest BCUT2D eigenvalue weighted by atomic mass is 16.5. The maximum atomic E-state index is 5.30. The van der Waals surface area contributed by atoms with Crippen LogP contribution < -0.4 is 4.74 Å². The number of nitrogens with one attached hydrogen (secondary N) is 1. The lowest BCUT2D eigenvalue weighted by Crippen LogP contribution is -2.42. The van der Waals surface area contributed by atoms with E-state index in [2.05, 4.69) is 21.8 Å². The number of hydrogen-bond acceptors (Lipinski definition) is 4. The van der Waals surface area contributed by atoms with Crippen LogP contribution >= 0.6 is 0 Å². The number of imidazole rings is 1. The first-order valence-corrected chi connectivity index (χ1v) is 8.69. The Morgan fingerprint density at radius 2 is 2.00 bits per heavy atom. The summed E-state index contributed by atoms with van der Waals surface area (Å²) in [5.41, 5.74) is 2.12. The number of aromatic amines is 1. The molecule has 0 radical (unpaired) electrons. The molecule has 2 aromatic rings. The Labute approximate surface area is 137 Å². The Hall–Kier alpha value is -1.59. The van der Waals surface area contributed by atoms with Crippen LogP contribution in [-0.2, 0) is 0 Å². The quantitative estimate of drug-likeness (QED) is 0.945. The van der Waals surface area contributed by atoms with Crippen LogP contribution in [0.5, 0.6) is 5.75 Å². The average molecular weight is 314 g/mol. The van der Waals surface area contributed by atoms with Crippen molar-refractivity contribution in [1.82, 2.24) is 19.8 Å². The van der Waals surface area contributed by atoms with Gasteiger partial charge < -0.3 is 14.6 Å². The predicted octanol–water partition coefficient (Wildman–Crippen LogP) is 2.46. The highest BCUT2D eigenvalue weighted by Crippen LogP contribution is 2.31. The van der Waals surface area contributed by atoms with Gasteiger partial charge >= 0.3 is 0 Å². The second-order valence-electron chi connectivity index (χ2n) is 7.02. The molecule has 0 saturated carbocycles. The van der Waals surface area contributed by atoms with Crippen LogP contribution in [0.25, 0.3) is 11.0 Å². The lowest BCUT2D eigenvalue weighted by molar-refractivity contribution is 0.142. The van der Waals surface area contributed by atoms with E-state index in [0.29, 0.717) is 5.92 Å². The Kier molecular flexibility index (Phi) is 3.99. The number of aromatic nitrogens is 2. The largest absolute Gasteiger partial charge is 0.497 e. The van der Waals surface area contributed by atoms with E-state index >= 15 is 0 Å². The molecule has 1 unspecified atom stereocenters. The monoisotopic (exact) mass is 314 g/mol. The molecular weight excluding hydrogens is 288 g/mol. The molecule has 0 spiro atoms. The van der Waals surface area contributed by atoms with Crippen molar-refractivity contribution in [3.8, 4) is 5.75 Å². The summed E-state index contributed by atoms with van der Waals surface area (Å²) in [5, 5.41) is 0. The maximum Gasteiger partial charge on any atom is 0.121 e. The smallest absolute Gasteiger partial charge is 0.121 e. The van der Waals surface area contributed by atoms with Crippen LogP contribution in [0.2, 0.25) is 0 Å². The van der Waals surface area contributed by atoms with Crippen LogP contribution in [0.3, 0.4) is 0 Å². The van der Waals surface area contributed by atoms with Crippen LogP contribution in [0, 0.1) is 0 Å². The number of methoxy groups -OCH3 is 1. The third-order valence-electron chi connectivity index (χ3n) is 5.52. The Bertz CT molecular complexity index is 675. The van der Waals surface area contributed by atoms with Gasteiger partial charge in [0.15, 0.2) is 0 Å². The van der Waals surface area contributed by atoms with Gasteiger partial charge in [0, 0.05) is 24.6 Å². The molecule has 4 rings (SSSR count). The number of fused-ring (bicyclic) bond motifs is 1. The van der Waals surface area contributed by atoms with Crippen molar-refractivity contribution in [2.24, 2.45) is 0 Å². The van der Waals surface area contributed by atoms with Crippen molar-refractivity contribution in [2.75, 3.05) is 40.3 Å². The van der Waals surface area contributed by atoms with Gasteiger partial charge in [-0.3, -0.25) is 4.90 Å². The minimum absolute atomic E-state index is 0.535. The molecule has 5 heteroatoms. The fourth-order valence-electron chi connectivity index (χ4n) is 4.03. The second-order valence-corrected chi connectivity index (χ2v) is 7.02. The lowest BCUT2D eigenvalue weighted by Gasteiger charge is -2.35. The summed E-state index contributed by atoms with van der Waals surface area (Å²) in [6.45, 7) is 4.82. The molecular formula is C18H26N4O. The van der Waals surface area contributed by atoms with E-state index in [4.69, 9.17) is 9.72 Å². The normalized spacial score (nSPS) is 24.5. The topological polar surface area (TPSA) is 44.4 Å². The van der Waals surface area contributed by atoms with Gasteiger partial charge in [-0.05, 0) is 58.1 Å². The first-order chi connectivity index (χ1) is 11.2. The molecule has 124 valence electrons. The predicted molar refractivity (Wildman–Crippen MR) is 92.1 cm³/mol. The van der Waals surface area contributed by atoms with E-state index in [-0.39, 0.29) is 0 Å². The second kappa shape index (κ2) is 6.13. The lowest BCUT2D eigenvalue weighted by atomic mass is 10.0. The van der Waals surface area contributed by atoms with Crippen molar-refractivity contribution < 1.29 is 4.74 Å². The zero-order valence-electron chi connectivity index (χ0n) is 14.1. The van der Waals surface area contributed by atoms with Crippen LogP contribution in [-0.4, -0.2) is 66.1 Å². The number of hydrogen-bond donors (Lipinski definition) is 1.